The first kappa shape index (κ1) is 14.3. The number of imidazole rings is 1. The van der Waals surface area contributed by atoms with Crippen LogP contribution >= 0.6 is 0 Å². The molecule has 0 bridgehead atoms. The minimum Gasteiger partial charge on any atom is -0.339 e. The Kier molecular flexibility index (Phi) is 2.88. The number of hydrogen-bond acceptors (Lipinski definition) is 7. The zero-order chi connectivity index (χ0) is 16.5. The van der Waals surface area contributed by atoms with Crippen LogP contribution in [0.5, 0.6) is 0 Å². The van der Waals surface area contributed by atoms with Gasteiger partial charge in [-0.1, -0.05) is 12.1 Å². The van der Waals surface area contributed by atoms with E-state index in [2.05, 4.69) is 37.4 Å². The summed E-state index contributed by atoms with van der Waals surface area (Å²) in [5.74, 6) is 4.30. The summed E-state index contributed by atoms with van der Waals surface area (Å²) in [6.45, 7) is 3.16. The Bertz CT molecular complexity index is 810. The van der Waals surface area contributed by atoms with Crippen LogP contribution in [-0.2, 0) is 0 Å². The van der Waals surface area contributed by atoms with Gasteiger partial charge in [-0.25, -0.2) is 10.4 Å². The fourth-order valence-electron chi connectivity index (χ4n) is 4.89. The Morgan fingerprint density at radius 1 is 1.24 bits per heavy atom. The Morgan fingerprint density at radius 2 is 2.16 bits per heavy atom. The first-order valence-corrected chi connectivity index (χ1v) is 9.46. The van der Waals surface area contributed by atoms with Crippen molar-refractivity contribution in [1.82, 2.24) is 30.4 Å². The molecule has 4 heterocycles. The lowest BCUT2D eigenvalue weighted by Crippen LogP contribution is -2.54. The van der Waals surface area contributed by atoms with Crippen LogP contribution in [0.1, 0.15) is 56.9 Å². The molecule has 0 radical (unpaired) electrons. The molecule has 2 aromatic heterocycles. The molecule has 2 aromatic rings. The summed E-state index contributed by atoms with van der Waals surface area (Å²) < 4.78 is 7.81. The maximum atomic E-state index is 5.47. The first-order chi connectivity index (χ1) is 12.3. The number of rotatable bonds is 2. The monoisotopic (exact) mass is 341 g/mol. The highest BCUT2D eigenvalue weighted by atomic mass is 16.5. The van der Waals surface area contributed by atoms with Gasteiger partial charge in [0.05, 0.1) is 13.0 Å². The van der Waals surface area contributed by atoms with E-state index >= 15 is 0 Å². The molecule has 4 aliphatic rings. The lowest BCUT2D eigenvalue weighted by Gasteiger charge is -2.46. The van der Waals surface area contributed by atoms with Gasteiger partial charge in [0.1, 0.15) is 6.17 Å². The summed E-state index contributed by atoms with van der Waals surface area (Å²) >= 11 is 0. The van der Waals surface area contributed by atoms with Crippen LogP contribution in [0.25, 0.3) is 11.5 Å². The van der Waals surface area contributed by atoms with E-state index in [4.69, 9.17) is 9.51 Å². The molecule has 0 spiro atoms. The number of hydrazine groups is 1. The van der Waals surface area contributed by atoms with Crippen molar-refractivity contribution in [1.29, 1.82) is 0 Å². The van der Waals surface area contributed by atoms with Gasteiger partial charge in [0.2, 0.25) is 11.7 Å². The largest absolute Gasteiger partial charge is 0.339 e. The molecule has 2 saturated carbocycles. The van der Waals surface area contributed by atoms with E-state index in [1.165, 1.54) is 19.3 Å². The van der Waals surface area contributed by atoms with E-state index in [1.807, 2.05) is 6.33 Å². The van der Waals surface area contributed by atoms with Gasteiger partial charge in [0.15, 0.2) is 11.5 Å². The maximum Gasteiger partial charge on any atom is 0.230 e. The zero-order valence-electron chi connectivity index (χ0n) is 14.4. The van der Waals surface area contributed by atoms with Crippen LogP contribution < -0.4 is 15.8 Å². The zero-order valence-corrected chi connectivity index (χ0v) is 14.4. The number of hydrogen-bond donors (Lipinski definition) is 2. The van der Waals surface area contributed by atoms with Gasteiger partial charge in [-0.3, -0.25) is 10.3 Å². The third kappa shape index (κ3) is 2.04. The predicted molar refractivity (Wildman–Crippen MR) is 90.4 cm³/mol. The highest BCUT2D eigenvalue weighted by Gasteiger charge is 2.47. The van der Waals surface area contributed by atoms with Crippen molar-refractivity contribution < 1.29 is 4.52 Å². The van der Waals surface area contributed by atoms with E-state index in [0.29, 0.717) is 29.9 Å². The average Bonchev–Trinajstić information content (AvgIpc) is 3.04. The van der Waals surface area contributed by atoms with E-state index in [0.717, 1.165) is 42.8 Å². The Balaban J connectivity index is 1.45. The van der Waals surface area contributed by atoms with Crippen LogP contribution in [0.2, 0.25) is 0 Å². The summed E-state index contributed by atoms with van der Waals surface area (Å²) in [5, 5.41) is 10.1. The molecular formula is C17H23N7O. The summed E-state index contributed by atoms with van der Waals surface area (Å²) in [6.07, 6.45) is 8.34. The third-order valence-electron chi connectivity index (χ3n) is 6.30. The molecule has 132 valence electrons. The third-order valence-corrected chi connectivity index (χ3v) is 6.30. The minimum absolute atomic E-state index is 0.311. The van der Waals surface area contributed by atoms with Gasteiger partial charge in [0.25, 0.3) is 0 Å². The molecule has 8 heteroatoms. The molecule has 4 unspecified atom stereocenters. The lowest BCUT2D eigenvalue weighted by atomic mass is 9.76. The fraction of sp³-hybridized carbons (Fsp3) is 0.706. The lowest BCUT2D eigenvalue weighted by molar-refractivity contribution is 0.140. The quantitative estimate of drug-likeness (QED) is 0.864. The second-order valence-corrected chi connectivity index (χ2v) is 8.06. The Labute approximate surface area is 145 Å². The standard InChI is InChI=1S/C17H23N7O/c1-9-2-5-12-11(6-9)15-18-7-20-24(15)17-13(19-8-23(12)17)14-21-16(25-22-14)10-3-4-10/h8-12,15,18,20H,2-7H2,1H3. The molecule has 3 fully saturated rings. The fourth-order valence-corrected chi connectivity index (χ4v) is 4.89. The highest BCUT2D eigenvalue weighted by Crippen LogP contribution is 2.48. The topological polar surface area (TPSA) is 84.0 Å². The number of nitrogens with one attached hydrogen (secondary N) is 2. The van der Waals surface area contributed by atoms with E-state index in [1.54, 1.807) is 0 Å². The van der Waals surface area contributed by atoms with Crippen molar-refractivity contribution >= 4 is 5.82 Å². The van der Waals surface area contributed by atoms with E-state index in [-0.39, 0.29) is 0 Å². The summed E-state index contributed by atoms with van der Waals surface area (Å²) in [5.41, 5.74) is 4.30. The van der Waals surface area contributed by atoms with Crippen LogP contribution in [0.15, 0.2) is 10.9 Å². The van der Waals surface area contributed by atoms with Gasteiger partial charge in [-0.2, -0.15) is 4.98 Å². The molecule has 1 saturated heterocycles. The van der Waals surface area contributed by atoms with Crippen LogP contribution in [0, 0.1) is 11.8 Å². The molecule has 8 nitrogen and oxygen atoms in total. The van der Waals surface area contributed by atoms with Gasteiger partial charge in [-0.15, -0.1) is 0 Å². The number of anilines is 1. The molecule has 4 atom stereocenters. The SMILES string of the molecule is CC1CCC2C(C1)C1NCNN1c1c(-c3noc(C4CC4)n3)ncn12. The molecule has 2 aliphatic carbocycles. The molecular weight excluding hydrogens is 318 g/mol. The summed E-state index contributed by atoms with van der Waals surface area (Å²) in [7, 11) is 0. The van der Waals surface area contributed by atoms with Crippen molar-refractivity contribution in [3.8, 4) is 11.5 Å². The normalized spacial score (nSPS) is 33.9. The minimum atomic E-state index is 0.311. The van der Waals surface area contributed by atoms with Gasteiger partial charge in [0, 0.05) is 17.9 Å². The Morgan fingerprint density at radius 3 is 3.04 bits per heavy atom. The van der Waals surface area contributed by atoms with Crippen molar-refractivity contribution in [2.24, 2.45) is 11.8 Å². The summed E-state index contributed by atoms with van der Waals surface area (Å²) in [4.78, 5) is 9.32. The van der Waals surface area contributed by atoms with Crippen molar-refractivity contribution in [3.05, 3.63) is 12.2 Å². The average molecular weight is 341 g/mol. The van der Waals surface area contributed by atoms with E-state index in [9.17, 15) is 0 Å². The second-order valence-electron chi connectivity index (χ2n) is 8.06. The molecule has 0 amide bonds. The number of fused-ring (bicyclic) bond motifs is 6. The van der Waals surface area contributed by atoms with Crippen molar-refractivity contribution in [2.45, 2.75) is 57.2 Å². The van der Waals surface area contributed by atoms with Crippen LogP contribution in [0.3, 0.4) is 0 Å². The van der Waals surface area contributed by atoms with Gasteiger partial charge >= 0.3 is 0 Å². The molecule has 2 aliphatic heterocycles. The second kappa shape index (κ2) is 5.04. The van der Waals surface area contributed by atoms with Gasteiger partial charge < -0.3 is 9.09 Å². The first-order valence-electron chi connectivity index (χ1n) is 9.46. The molecule has 25 heavy (non-hydrogen) atoms. The highest BCUT2D eigenvalue weighted by molar-refractivity contribution is 5.69. The predicted octanol–water partition coefficient (Wildman–Crippen LogP) is 2.00. The number of nitrogens with zero attached hydrogens (tertiary/aromatic N) is 5. The maximum absolute atomic E-state index is 5.47. The number of aromatic nitrogens is 4. The molecule has 0 aromatic carbocycles. The van der Waals surface area contributed by atoms with Crippen LogP contribution in [0.4, 0.5) is 5.82 Å². The smallest absolute Gasteiger partial charge is 0.230 e. The summed E-state index contributed by atoms with van der Waals surface area (Å²) in [6, 6.07) is 0.496. The van der Waals surface area contributed by atoms with Crippen molar-refractivity contribution in [3.63, 3.8) is 0 Å². The van der Waals surface area contributed by atoms with E-state index < -0.39 is 0 Å². The van der Waals surface area contributed by atoms with Crippen molar-refractivity contribution in [2.75, 3.05) is 11.7 Å². The Hall–Kier alpha value is -1.93. The molecule has 2 N–H and O–H groups in total. The molecule has 6 rings (SSSR count). The van der Waals surface area contributed by atoms with Crippen LogP contribution in [-0.4, -0.2) is 32.5 Å². The van der Waals surface area contributed by atoms with Gasteiger partial charge in [-0.05, 0) is 38.0 Å².